The molecule has 0 aliphatic heterocycles. The Hall–Kier alpha value is -2.23. The van der Waals surface area contributed by atoms with Crippen LogP contribution in [0.15, 0.2) is 6.07 Å². The maximum absolute atomic E-state index is 13.3. The summed E-state index contributed by atoms with van der Waals surface area (Å²) in [4.78, 5) is 11.5. The van der Waals surface area contributed by atoms with Crippen LogP contribution in [0, 0.1) is 23.3 Å². The molecule has 5 nitrogen and oxygen atoms in total. The van der Waals surface area contributed by atoms with E-state index in [1.54, 1.807) is 5.32 Å². The summed E-state index contributed by atoms with van der Waals surface area (Å²) in [6, 6.07) is 0.0310. The van der Waals surface area contributed by atoms with Gasteiger partial charge in [-0.25, -0.2) is 17.6 Å². The van der Waals surface area contributed by atoms with E-state index in [2.05, 4.69) is 10.2 Å². The molecule has 0 unspecified atom stereocenters. The number of nitrogens with zero attached hydrogens (tertiary/aromatic N) is 2. The molecule has 0 saturated heterocycles. The van der Waals surface area contributed by atoms with Crippen LogP contribution in [0.3, 0.4) is 0 Å². The molecule has 1 amide bonds. The second-order valence-corrected chi connectivity index (χ2v) is 4.25. The number of halogens is 4. The van der Waals surface area contributed by atoms with Crippen LogP contribution in [0.25, 0.3) is 0 Å². The van der Waals surface area contributed by atoms with E-state index in [-0.39, 0.29) is 16.2 Å². The highest BCUT2D eigenvalue weighted by atomic mass is 32.1. The van der Waals surface area contributed by atoms with Crippen molar-refractivity contribution >= 4 is 28.1 Å². The molecule has 2 rings (SSSR count). The van der Waals surface area contributed by atoms with Gasteiger partial charge in [-0.2, -0.15) is 0 Å². The lowest BCUT2D eigenvalue weighted by Gasteiger charge is -2.07. The van der Waals surface area contributed by atoms with E-state index in [0.29, 0.717) is 11.3 Å². The summed E-state index contributed by atoms with van der Waals surface area (Å²) in [5.74, 6) is -7.79. The monoisotopic (exact) mass is 292 g/mol. The first-order chi connectivity index (χ1) is 8.90. The standard InChI is InChI=1S/C9H4F4N4OS/c10-2-1-3(11)5(13)6(4(2)12)15-7(18)8-16-17-9(14)19-8/h1H,(H2,14,17)(H,15,18). The normalized spacial score (nSPS) is 10.5. The van der Waals surface area contributed by atoms with Crippen molar-refractivity contribution in [3.05, 3.63) is 34.3 Å². The molecular formula is C9H4F4N4OS. The molecule has 0 fully saturated rings. The van der Waals surface area contributed by atoms with Crippen molar-refractivity contribution in [1.29, 1.82) is 0 Å². The minimum atomic E-state index is -1.72. The largest absolute Gasteiger partial charge is 0.374 e. The molecule has 19 heavy (non-hydrogen) atoms. The first-order valence-corrected chi connectivity index (χ1v) is 5.45. The van der Waals surface area contributed by atoms with Crippen LogP contribution in [0.2, 0.25) is 0 Å². The third-order valence-corrected chi connectivity index (χ3v) is 2.74. The Kier molecular flexibility index (Phi) is 3.34. The Morgan fingerprint density at radius 3 is 2.21 bits per heavy atom. The van der Waals surface area contributed by atoms with E-state index in [9.17, 15) is 22.4 Å². The van der Waals surface area contributed by atoms with Crippen LogP contribution in [0.4, 0.5) is 28.4 Å². The third kappa shape index (κ3) is 2.47. The van der Waals surface area contributed by atoms with Gasteiger partial charge in [-0.15, -0.1) is 10.2 Å². The van der Waals surface area contributed by atoms with Gasteiger partial charge in [0.2, 0.25) is 10.1 Å². The number of nitrogens with two attached hydrogens (primary N) is 1. The van der Waals surface area contributed by atoms with Crippen LogP contribution >= 0.6 is 11.3 Å². The number of carbonyl (C=O) groups excluding carboxylic acids is 1. The summed E-state index contributed by atoms with van der Waals surface area (Å²) in [5, 5.41) is 7.95. The van der Waals surface area contributed by atoms with Crippen molar-refractivity contribution < 1.29 is 22.4 Å². The van der Waals surface area contributed by atoms with E-state index in [1.807, 2.05) is 0 Å². The molecule has 1 aromatic carbocycles. The van der Waals surface area contributed by atoms with Crippen LogP contribution in [0.1, 0.15) is 9.80 Å². The van der Waals surface area contributed by atoms with Gasteiger partial charge in [0.1, 0.15) is 5.69 Å². The number of hydrogen-bond donors (Lipinski definition) is 2. The van der Waals surface area contributed by atoms with Gasteiger partial charge in [-0.1, -0.05) is 11.3 Å². The molecule has 1 aromatic heterocycles. The summed E-state index contributed by atoms with van der Waals surface area (Å²) in [5.41, 5.74) is 3.98. The first kappa shape index (κ1) is 13.2. The highest BCUT2D eigenvalue weighted by Crippen LogP contribution is 2.25. The number of amides is 1. The number of anilines is 2. The van der Waals surface area contributed by atoms with Gasteiger partial charge in [0, 0.05) is 6.07 Å². The van der Waals surface area contributed by atoms with Gasteiger partial charge in [-0.05, 0) is 0 Å². The summed E-state index contributed by atoms with van der Waals surface area (Å²) >= 11 is 0.646. The average Bonchev–Trinajstić information content (AvgIpc) is 2.79. The molecule has 0 saturated carbocycles. The smallest absolute Gasteiger partial charge is 0.286 e. The van der Waals surface area contributed by atoms with E-state index in [4.69, 9.17) is 5.73 Å². The molecule has 1 heterocycles. The molecule has 10 heteroatoms. The fourth-order valence-corrected chi connectivity index (χ4v) is 1.68. The molecular weight excluding hydrogens is 288 g/mol. The van der Waals surface area contributed by atoms with Crippen LogP contribution in [0.5, 0.6) is 0 Å². The molecule has 0 aliphatic rings. The van der Waals surface area contributed by atoms with Crippen molar-refractivity contribution in [1.82, 2.24) is 10.2 Å². The maximum Gasteiger partial charge on any atom is 0.286 e. The van der Waals surface area contributed by atoms with Crippen LogP contribution in [-0.2, 0) is 0 Å². The van der Waals surface area contributed by atoms with Gasteiger partial charge < -0.3 is 11.1 Å². The lowest BCUT2D eigenvalue weighted by Crippen LogP contribution is -2.15. The predicted octanol–water partition coefficient (Wildman–Crippen LogP) is 1.93. The second-order valence-electron chi connectivity index (χ2n) is 3.24. The number of nitrogens with one attached hydrogen (secondary N) is 1. The van der Waals surface area contributed by atoms with Gasteiger partial charge >= 0.3 is 0 Å². The van der Waals surface area contributed by atoms with E-state index >= 15 is 0 Å². The molecule has 3 N–H and O–H groups in total. The van der Waals surface area contributed by atoms with Crippen LogP contribution < -0.4 is 11.1 Å². The van der Waals surface area contributed by atoms with Gasteiger partial charge in [-0.3, -0.25) is 4.79 Å². The zero-order valence-corrected chi connectivity index (χ0v) is 9.69. The van der Waals surface area contributed by atoms with Crippen LogP contribution in [-0.4, -0.2) is 16.1 Å². The van der Waals surface area contributed by atoms with E-state index < -0.39 is 34.9 Å². The zero-order valence-electron chi connectivity index (χ0n) is 8.88. The van der Waals surface area contributed by atoms with Gasteiger partial charge in [0.05, 0.1) is 0 Å². The SMILES string of the molecule is Nc1nnc(C(=O)Nc2c(F)c(F)cc(F)c2F)s1. The highest BCUT2D eigenvalue weighted by Gasteiger charge is 2.22. The average molecular weight is 292 g/mol. The highest BCUT2D eigenvalue weighted by molar-refractivity contribution is 7.16. The summed E-state index contributed by atoms with van der Waals surface area (Å²) in [7, 11) is 0. The molecule has 0 atom stereocenters. The lowest BCUT2D eigenvalue weighted by molar-refractivity contribution is 0.102. The molecule has 100 valence electrons. The van der Waals surface area contributed by atoms with Gasteiger partial charge in [0.25, 0.3) is 5.91 Å². The Balaban J connectivity index is 2.36. The van der Waals surface area contributed by atoms with Crippen molar-refractivity contribution in [2.75, 3.05) is 11.1 Å². The maximum atomic E-state index is 13.3. The molecule has 0 radical (unpaired) electrons. The number of benzene rings is 1. The van der Waals surface area contributed by atoms with Crippen molar-refractivity contribution in [3.8, 4) is 0 Å². The van der Waals surface area contributed by atoms with E-state index in [0.717, 1.165) is 0 Å². The number of aromatic nitrogens is 2. The van der Waals surface area contributed by atoms with Gasteiger partial charge in [0.15, 0.2) is 23.3 Å². The summed E-state index contributed by atoms with van der Waals surface area (Å²) < 4.78 is 52.3. The number of carbonyl (C=O) groups is 1. The Labute approximate surface area is 107 Å². The summed E-state index contributed by atoms with van der Waals surface area (Å²) in [6.45, 7) is 0. The van der Waals surface area contributed by atoms with Crippen molar-refractivity contribution in [3.63, 3.8) is 0 Å². The Bertz CT molecular complexity index is 634. The minimum absolute atomic E-state index is 0.0310. The fourth-order valence-electron chi connectivity index (χ4n) is 1.18. The second kappa shape index (κ2) is 4.80. The lowest BCUT2D eigenvalue weighted by atomic mass is 10.2. The quantitative estimate of drug-likeness (QED) is 0.654. The molecule has 0 spiro atoms. The van der Waals surface area contributed by atoms with Crippen molar-refractivity contribution in [2.45, 2.75) is 0 Å². The van der Waals surface area contributed by atoms with E-state index in [1.165, 1.54) is 0 Å². The Morgan fingerprint density at radius 1 is 1.16 bits per heavy atom. The zero-order chi connectivity index (χ0) is 14.2. The summed E-state index contributed by atoms with van der Waals surface area (Å²) in [6.07, 6.45) is 0. The third-order valence-electron chi connectivity index (χ3n) is 1.99. The molecule has 2 aromatic rings. The minimum Gasteiger partial charge on any atom is -0.374 e. The fraction of sp³-hybridized carbons (Fsp3) is 0. The number of rotatable bonds is 2. The first-order valence-electron chi connectivity index (χ1n) is 4.63. The predicted molar refractivity (Wildman–Crippen MR) is 58.5 cm³/mol. The Morgan fingerprint density at radius 2 is 1.74 bits per heavy atom. The molecule has 0 aliphatic carbocycles. The number of nitrogen functional groups attached to an aromatic ring is 1. The molecule has 0 bridgehead atoms. The topological polar surface area (TPSA) is 80.9 Å². The van der Waals surface area contributed by atoms with Crippen molar-refractivity contribution in [2.24, 2.45) is 0 Å². The number of hydrogen-bond acceptors (Lipinski definition) is 5.